The topological polar surface area (TPSA) is 120 Å². The number of nitrogens with two attached hydrogens (primary N) is 2. The summed E-state index contributed by atoms with van der Waals surface area (Å²) in [5.74, 6) is 0.821. The van der Waals surface area contributed by atoms with Crippen LogP contribution in [0.15, 0.2) is 24.4 Å². The van der Waals surface area contributed by atoms with Crippen LogP contribution in [-0.2, 0) is 0 Å². The fourth-order valence-electron chi connectivity index (χ4n) is 3.34. The molecule has 3 aromatic rings. The van der Waals surface area contributed by atoms with Crippen LogP contribution in [0.2, 0.25) is 0 Å². The highest BCUT2D eigenvalue weighted by atomic mass is 16.3. The van der Waals surface area contributed by atoms with Gasteiger partial charge in [0.15, 0.2) is 11.5 Å². The Morgan fingerprint density at radius 1 is 1.33 bits per heavy atom. The van der Waals surface area contributed by atoms with Crippen LogP contribution < -0.4 is 11.5 Å². The Morgan fingerprint density at radius 2 is 2.07 bits per heavy atom. The van der Waals surface area contributed by atoms with Crippen molar-refractivity contribution >= 4 is 28.8 Å². The van der Waals surface area contributed by atoms with Crippen LogP contribution in [0, 0.1) is 19.8 Å². The van der Waals surface area contributed by atoms with Gasteiger partial charge in [0.25, 0.3) is 5.91 Å². The number of carbonyl (C=O) groups is 1. The maximum atomic E-state index is 12.0. The van der Waals surface area contributed by atoms with Crippen LogP contribution in [0.4, 0.5) is 5.82 Å². The quantitative estimate of drug-likeness (QED) is 0.658. The number of aromatic nitrogens is 3. The maximum absolute atomic E-state index is 12.0. The Hall–Kier alpha value is -3.35. The lowest BCUT2D eigenvalue weighted by Gasteiger charge is -2.15. The van der Waals surface area contributed by atoms with E-state index < -0.39 is 5.91 Å². The van der Waals surface area contributed by atoms with E-state index in [9.17, 15) is 9.90 Å². The molecule has 2 aromatic heterocycles. The lowest BCUT2D eigenvalue weighted by atomic mass is 10.1. The Bertz CT molecular complexity index is 1110. The Morgan fingerprint density at radius 3 is 2.74 bits per heavy atom. The molecule has 27 heavy (non-hydrogen) atoms. The average Bonchev–Trinajstić information content (AvgIpc) is 3.41. The van der Waals surface area contributed by atoms with Gasteiger partial charge in [0.05, 0.1) is 16.6 Å². The zero-order chi connectivity index (χ0) is 19.3. The van der Waals surface area contributed by atoms with Crippen LogP contribution in [0.1, 0.15) is 40.2 Å². The molecular formula is C20H21N5O2. The molecule has 0 unspecified atom stereocenters. The number of anilines is 1. The molecule has 0 bridgehead atoms. The molecule has 2 heterocycles. The number of allylic oxidation sites excluding steroid dienone is 1. The van der Waals surface area contributed by atoms with Crippen LogP contribution in [0.25, 0.3) is 22.8 Å². The molecule has 1 fully saturated rings. The van der Waals surface area contributed by atoms with E-state index >= 15 is 0 Å². The van der Waals surface area contributed by atoms with Crippen molar-refractivity contribution < 1.29 is 9.90 Å². The van der Waals surface area contributed by atoms with E-state index in [-0.39, 0.29) is 17.1 Å². The zero-order valence-corrected chi connectivity index (χ0v) is 15.2. The minimum atomic E-state index is -0.642. The van der Waals surface area contributed by atoms with Gasteiger partial charge in [-0.1, -0.05) is 12.1 Å². The first-order chi connectivity index (χ1) is 12.9. The fourth-order valence-corrected chi connectivity index (χ4v) is 3.34. The molecular weight excluding hydrogens is 342 g/mol. The van der Waals surface area contributed by atoms with E-state index in [1.165, 1.54) is 12.8 Å². The number of nitrogen functional groups attached to an aromatic ring is 1. The first kappa shape index (κ1) is 17.1. The Kier molecular flexibility index (Phi) is 3.87. The number of rotatable bonds is 4. The van der Waals surface area contributed by atoms with E-state index in [4.69, 9.17) is 11.5 Å². The van der Waals surface area contributed by atoms with E-state index in [2.05, 4.69) is 16.0 Å². The number of carbonyl (C=O) groups excluding carboxylic acids is 1. The monoisotopic (exact) mass is 363 g/mol. The first-order valence-corrected chi connectivity index (χ1v) is 8.83. The predicted molar refractivity (Wildman–Crippen MR) is 105 cm³/mol. The number of benzene rings is 1. The minimum absolute atomic E-state index is 0.139. The number of primary amides is 1. The lowest BCUT2D eigenvalue weighted by Crippen LogP contribution is -2.14. The summed E-state index contributed by atoms with van der Waals surface area (Å²) >= 11 is 0. The van der Waals surface area contributed by atoms with Gasteiger partial charge in [0.2, 0.25) is 0 Å². The SMILES string of the molecule is Cc1ccc(O)c(C)c1-n1c(N)c(C(N)=O)c2cnc(/C=C/C3CC3)nc21. The molecule has 7 heteroatoms. The molecule has 1 amide bonds. The smallest absolute Gasteiger partial charge is 0.253 e. The largest absolute Gasteiger partial charge is 0.508 e. The highest BCUT2D eigenvalue weighted by molar-refractivity contribution is 6.10. The first-order valence-electron chi connectivity index (χ1n) is 8.83. The van der Waals surface area contributed by atoms with E-state index in [1.807, 2.05) is 13.0 Å². The number of aromatic hydroxyl groups is 1. The Balaban J connectivity index is 2.03. The minimum Gasteiger partial charge on any atom is -0.508 e. The second-order valence-corrected chi connectivity index (χ2v) is 7.00. The molecule has 138 valence electrons. The standard InChI is InChI=1S/C20H21N5O2/c1-10-3-7-14(26)11(2)17(10)25-18(21)16(19(22)27)13-9-23-15(24-20(13)25)8-6-12-4-5-12/h3,6-9,12,26H,4-5,21H2,1-2H3,(H2,22,27)/b8-6+. The van der Waals surface area contributed by atoms with Gasteiger partial charge in [-0.05, 0) is 50.3 Å². The fraction of sp³-hybridized carbons (Fsp3) is 0.250. The summed E-state index contributed by atoms with van der Waals surface area (Å²) in [7, 11) is 0. The summed E-state index contributed by atoms with van der Waals surface area (Å²) in [6, 6.07) is 3.42. The molecule has 7 nitrogen and oxygen atoms in total. The van der Waals surface area contributed by atoms with Gasteiger partial charge in [-0.15, -0.1) is 0 Å². The molecule has 0 atom stereocenters. The summed E-state index contributed by atoms with van der Waals surface area (Å²) in [5, 5.41) is 10.7. The summed E-state index contributed by atoms with van der Waals surface area (Å²) in [5.41, 5.74) is 14.8. The summed E-state index contributed by atoms with van der Waals surface area (Å²) in [6.07, 6.45) is 7.94. The van der Waals surface area contributed by atoms with Gasteiger partial charge in [-0.25, -0.2) is 9.97 Å². The van der Waals surface area contributed by atoms with Gasteiger partial charge >= 0.3 is 0 Å². The molecule has 0 radical (unpaired) electrons. The zero-order valence-electron chi connectivity index (χ0n) is 15.2. The highest BCUT2D eigenvalue weighted by Crippen LogP contribution is 2.35. The maximum Gasteiger partial charge on any atom is 0.253 e. The number of hydrogen-bond donors (Lipinski definition) is 3. The van der Waals surface area contributed by atoms with E-state index in [0.717, 1.165) is 5.56 Å². The summed E-state index contributed by atoms with van der Waals surface area (Å²) < 4.78 is 1.68. The molecule has 1 aromatic carbocycles. The lowest BCUT2D eigenvalue weighted by molar-refractivity contribution is 0.100. The van der Waals surface area contributed by atoms with Gasteiger partial charge in [0, 0.05) is 11.8 Å². The molecule has 1 aliphatic carbocycles. The molecule has 1 saturated carbocycles. The predicted octanol–water partition coefficient (Wildman–Crippen LogP) is 2.85. The van der Waals surface area contributed by atoms with E-state index in [0.29, 0.717) is 34.0 Å². The van der Waals surface area contributed by atoms with Crippen molar-refractivity contribution in [1.29, 1.82) is 0 Å². The van der Waals surface area contributed by atoms with Crippen LogP contribution in [0.3, 0.4) is 0 Å². The third kappa shape index (κ3) is 2.81. The Labute approximate surface area is 156 Å². The van der Waals surface area contributed by atoms with E-state index in [1.54, 1.807) is 29.8 Å². The number of phenols is 1. The second kappa shape index (κ2) is 6.12. The number of amides is 1. The van der Waals surface area contributed by atoms with Gasteiger partial charge in [0.1, 0.15) is 11.6 Å². The van der Waals surface area contributed by atoms with Crippen molar-refractivity contribution in [2.24, 2.45) is 11.7 Å². The normalized spacial score (nSPS) is 14.3. The van der Waals surface area contributed by atoms with Gasteiger partial charge < -0.3 is 16.6 Å². The van der Waals surface area contributed by atoms with Crippen LogP contribution in [-0.4, -0.2) is 25.5 Å². The van der Waals surface area contributed by atoms with Crippen LogP contribution in [0.5, 0.6) is 5.75 Å². The third-order valence-corrected chi connectivity index (χ3v) is 4.98. The average molecular weight is 363 g/mol. The number of nitrogens with zero attached hydrogens (tertiary/aromatic N) is 3. The molecule has 1 aliphatic rings. The van der Waals surface area contributed by atoms with Gasteiger partial charge in [-0.3, -0.25) is 9.36 Å². The van der Waals surface area contributed by atoms with Crippen molar-refractivity contribution in [3.8, 4) is 11.4 Å². The number of hydrogen-bond acceptors (Lipinski definition) is 5. The van der Waals surface area contributed by atoms with Crippen molar-refractivity contribution in [2.75, 3.05) is 5.73 Å². The van der Waals surface area contributed by atoms with Crippen molar-refractivity contribution in [3.63, 3.8) is 0 Å². The van der Waals surface area contributed by atoms with Crippen molar-refractivity contribution in [2.45, 2.75) is 26.7 Å². The second-order valence-electron chi connectivity index (χ2n) is 7.00. The molecule has 0 saturated heterocycles. The molecule has 5 N–H and O–H groups in total. The van der Waals surface area contributed by atoms with Crippen LogP contribution >= 0.6 is 0 Å². The highest BCUT2D eigenvalue weighted by Gasteiger charge is 2.24. The molecule has 4 rings (SSSR count). The number of phenolic OH excluding ortho intramolecular Hbond substituents is 1. The third-order valence-electron chi connectivity index (χ3n) is 4.98. The molecule has 0 spiro atoms. The van der Waals surface area contributed by atoms with Gasteiger partial charge in [-0.2, -0.15) is 0 Å². The molecule has 0 aliphatic heterocycles. The summed E-state index contributed by atoms with van der Waals surface area (Å²) in [6.45, 7) is 3.70. The number of aryl methyl sites for hydroxylation is 1. The number of fused-ring (bicyclic) bond motifs is 1. The van der Waals surface area contributed by atoms with Crippen molar-refractivity contribution in [1.82, 2.24) is 14.5 Å². The summed E-state index contributed by atoms with van der Waals surface area (Å²) in [4.78, 5) is 21.0. The van der Waals surface area contributed by atoms with Crippen molar-refractivity contribution in [3.05, 3.63) is 46.9 Å².